The van der Waals surface area contributed by atoms with Crippen molar-refractivity contribution in [2.24, 2.45) is 14.1 Å². The second kappa shape index (κ2) is 12.7. The Kier molecular flexibility index (Phi) is 9.16. The fourth-order valence-corrected chi connectivity index (χ4v) is 5.40. The largest absolute Gasteiger partial charge is 0.496 e. The van der Waals surface area contributed by atoms with Crippen LogP contribution in [0.4, 0.5) is 0 Å². The summed E-state index contributed by atoms with van der Waals surface area (Å²) >= 11 is 0. The Hall–Kier alpha value is -3.14. The molecule has 190 valence electrons. The lowest BCUT2D eigenvalue weighted by Crippen LogP contribution is -2.34. The van der Waals surface area contributed by atoms with Gasteiger partial charge >= 0.3 is 0 Å². The van der Waals surface area contributed by atoms with E-state index in [0.717, 1.165) is 24.3 Å². The maximum atomic E-state index is 5.66. The van der Waals surface area contributed by atoms with Gasteiger partial charge in [0.25, 0.3) is 0 Å². The summed E-state index contributed by atoms with van der Waals surface area (Å²) in [6, 6.07) is 21.4. The van der Waals surface area contributed by atoms with Crippen molar-refractivity contribution < 1.29 is 18.6 Å². The van der Waals surface area contributed by atoms with E-state index in [1.807, 2.05) is 0 Å². The smallest absolute Gasteiger partial charge is 0.216 e. The lowest BCUT2D eigenvalue weighted by molar-refractivity contribution is -0.653. The Morgan fingerprint density at radius 3 is 1.28 bits per heavy atom. The van der Waals surface area contributed by atoms with E-state index in [9.17, 15) is 0 Å². The summed E-state index contributed by atoms with van der Waals surface area (Å²) in [4.78, 5) is 0. The summed E-state index contributed by atoms with van der Waals surface area (Å²) in [6.07, 6.45) is 12.6. The van der Waals surface area contributed by atoms with Crippen LogP contribution in [-0.2, 0) is 26.9 Å². The van der Waals surface area contributed by atoms with E-state index in [0.29, 0.717) is 0 Å². The van der Waals surface area contributed by atoms with Gasteiger partial charge < -0.3 is 9.47 Å². The first-order chi connectivity index (χ1) is 17.6. The van der Waals surface area contributed by atoms with Crippen molar-refractivity contribution >= 4 is 21.8 Å². The van der Waals surface area contributed by atoms with E-state index >= 15 is 0 Å². The molecule has 0 saturated heterocycles. The molecule has 36 heavy (non-hydrogen) atoms. The first-order valence-corrected chi connectivity index (χ1v) is 13.5. The van der Waals surface area contributed by atoms with Crippen LogP contribution in [0.15, 0.2) is 60.7 Å². The maximum absolute atomic E-state index is 5.66. The molecule has 0 bridgehead atoms. The van der Waals surface area contributed by atoms with Crippen LogP contribution in [0.3, 0.4) is 0 Å². The molecule has 0 atom stereocenters. The van der Waals surface area contributed by atoms with Crippen molar-refractivity contribution in [2.75, 3.05) is 14.2 Å². The first kappa shape index (κ1) is 25.9. The van der Waals surface area contributed by atoms with Gasteiger partial charge in [-0.2, -0.15) is 9.13 Å². The Morgan fingerprint density at radius 2 is 0.889 bits per heavy atom. The number of nitrogens with zero attached hydrogens (tertiary/aromatic N) is 2. The summed E-state index contributed by atoms with van der Waals surface area (Å²) in [5.74, 6) is 1.96. The van der Waals surface area contributed by atoms with Crippen molar-refractivity contribution in [3.05, 3.63) is 72.1 Å². The molecule has 2 aromatic carbocycles. The number of unbranched alkanes of at least 4 members (excludes halogenated alkanes) is 7. The summed E-state index contributed by atoms with van der Waals surface area (Å²) in [7, 11) is 7.88. The van der Waals surface area contributed by atoms with Crippen molar-refractivity contribution in [3.8, 4) is 11.5 Å². The summed E-state index contributed by atoms with van der Waals surface area (Å²) in [5.41, 5.74) is 5.18. The van der Waals surface area contributed by atoms with E-state index in [-0.39, 0.29) is 0 Å². The zero-order chi connectivity index (χ0) is 25.3. The van der Waals surface area contributed by atoms with Gasteiger partial charge in [-0.1, -0.05) is 62.8 Å². The predicted octanol–water partition coefficient (Wildman–Crippen LogP) is 6.57. The highest BCUT2D eigenvalue weighted by atomic mass is 16.5. The van der Waals surface area contributed by atoms with Gasteiger partial charge in [0, 0.05) is 37.1 Å². The number of hydrogen-bond donors (Lipinski definition) is 0. The molecule has 2 aromatic heterocycles. The number of hydrogen-bond acceptors (Lipinski definition) is 2. The van der Waals surface area contributed by atoms with E-state index in [1.165, 1.54) is 84.6 Å². The quantitative estimate of drug-likeness (QED) is 0.158. The summed E-state index contributed by atoms with van der Waals surface area (Å²) < 4.78 is 16.0. The first-order valence-electron chi connectivity index (χ1n) is 13.5. The molecule has 0 N–H and O–H groups in total. The number of para-hydroxylation sites is 2. The zero-order valence-corrected chi connectivity index (χ0v) is 22.6. The Bertz CT molecular complexity index is 1200. The number of fused-ring (bicyclic) bond motifs is 2. The molecule has 0 fully saturated rings. The molecule has 0 spiro atoms. The zero-order valence-electron chi connectivity index (χ0n) is 22.6. The molecular weight excluding hydrogens is 444 g/mol. The Labute approximate surface area is 216 Å². The average Bonchev–Trinajstić information content (AvgIpc) is 2.92. The predicted molar refractivity (Wildman–Crippen MR) is 148 cm³/mol. The SMILES string of the molecule is COc1cc(CCCCCCCCCCc2cc(OC)c3ccccc3[n+]2C)[n+](C)c2ccccc12. The topological polar surface area (TPSA) is 26.2 Å². The molecule has 4 aromatic rings. The third-order valence-corrected chi connectivity index (χ3v) is 7.57. The minimum absolute atomic E-state index is 0.981. The van der Waals surface area contributed by atoms with Crippen LogP contribution in [0.2, 0.25) is 0 Å². The van der Waals surface area contributed by atoms with Gasteiger partial charge in [-0.05, 0) is 25.0 Å². The molecule has 4 rings (SSSR count). The van der Waals surface area contributed by atoms with Crippen LogP contribution >= 0.6 is 0 Å². The van der Waals surface area contributed by atoms with Gasteiger partial charge in [-0.15, -0.1) is 0 Å². The van der Waals surface area contributed by atoms with Crippen molar-refractivity contribution in [3.63, 3.8) is 0 Å². The number of aromatic nitrogens is 2. The molecule has 0 aliphatic heterocycles. The van der Waals surface area contributed by atoms with Gasteiger partial charge in [-0.3, -0.25) is 0 Å². The number of rotatable bonds is 13. The van der Waals surface area contributed by atoms with Gasteiger partial charge in [0.2, 0.25) is 11.0 Å². The summed E-state index contributed by atoms with van der Waals surface area (Å²) in [6.45, 7) is 0. The number of methoxy groups -OCH3 is 2. The molecule has 0 radical (unpaired) electrons. The van der Waals surface area contributed by atoms with Crippen LogP contribution in [0.25, 0.3) is 21.8 Å². The van der Waals surface area contributed by atoms with Gasteiger partial charge in [-0.25, -0.2) is 0 Å². The number of benzene rings is 2. The highest BCUT2D eigenvalue weighted by molar-refractivity contribution is 5.83. The molecule has 4 nitrogen and oxygen atoms in total. The van der Waals surface area contributed by atoms with E-state index < -0.39 is 0 Å². The van der Waals surface area contributed by atoms with E-state index in [4.69, 9.17) is 9.47 Å². The fraction of sp³-hybridized carbons (Fsp3) is 0.438. The standard InChI is InChI=1S/C32H42N2O2/c1-33-25(23-31(35-3)27-19-13-15-21-29(27)33)17-11-9-7-5-6-8-10-12-18-26-24-32(36-4)28-20-14-16-22-30(28)34(26)2/h13-16,19-24H,5-12,17-18H2,1-4H3/q+2. The Balaban J connectivity index is 1.15. The average molecular weight is 487 g/mol. The second-order valence-corrected chi connectivity index (χ2v) is 9.89. The molecule has 2 heterocycles. The van der Waals surface area contributed by atoms with Gasteiger partial charge in [0.1, 0.15) is 25.6 Å². The number of pyridine rings is 2. The lowest BCUT2D eigenvalue weighted by Gasteiger charge is -2.09. The molecule has 0 aliphatic carbocycles. The molecule has 0 amide bonds. The van der Waals surface area contributed by atoms with Crippen LogP contribution < -0.4 is 18.6 Å². The number of aryl methyl sites for hydroxylation is 4. The number of ether oxygens (including phenoxy) is 2. The van der Waals surface area contributed by atoms with Crippen molar-refractivity contribution in [1.82, 2.24) is 0 Å². The lowest BCUT2D eigenvalue weighted by atomic mass is 10.0. The van der Waals surface area contributed by atoms with Crippen LogP contribution in [0.5, 0.6) is 11.5 Å². The monoisotopic (exact) mass is 486 g/mol. The second-order valence-electron chi connectivity index (χ2n) is 9.89. The van der Waals surface area contributed by atoms with E-state index in [1.54, 1.807) is 14.2 Å². The van der Waals surface area contributed by atoms with Crippen LogP contribution in [0.1, 0.15) is 62.8 Å². The normalized spacial score (nSPS) is 11.3. The molecule has 0 aliphatic rings. The van der Waals surface area contributed by atoms with Crippen LogP contribution in [0, 0.1) is 0 Å². The third kappa shape index (κ3) is 5.98. The Morgan fingerprint density at radius 1 is 0.528 bits per heavy atom. The fourth-order valence-electron chi connectivity index (χ4n) is 5.40. The van der Waals surface area contributed by atoms with Gasteiger partial charge in [0.15, 0.2) is 11.4 Å². The highest BCUT2D eigenvalue weighted by Crippen LogP contribution is 2.26. The van der Waals surface area contributed by atoms with Crippen LogP contribution in [-0.4, -0.2) is 14.2 Å². The maximum Gasteiger partial charge on any atom is 0.216 e. The van der Waals surface area contributed by atoms with Crippen molar-refractivity contribution in [2.45, 2.75) is 64.2 Å². The molecule has 0 saturated carbocycles. The summed E-state index contributed by atoms with van der Waals surface area (Å²) in [5, 5.41) is 2.36. The van der Waals surface area contributed by atoms with Gasteiger partial charge in [0.05, 0.1) is 25.0 Å². The minimum Gasteiger partial charge on any atom is -0.496 e. The van der Waals surface area contributed by atoms with Crippen molar-refractivity contribution in [1.29, 1.82) is 0 Å². The van der Waals surface area contributed by atoms with E-state index in [2.05, 4.69) is 83.9 Å². The molecular formula is C32H42N2O2+2. The molecule has 4 heteroatoms. The highest BCUT2D eigenvalue weighted by Gasteiger charge is 2.17. The minimum atomic E-state index is 0.981. The molecule has 0 unspecified atom stereocenters. The third-order valence-electron chi connectivity index (χ3n) is 7.57.